The van der Waals surface area contributed by atoms with Crippen molar-refractivity contribution in [2.75, 3.05) is 13.7 Å². The Kier molecular flexibility index (Phi) is 6.93. The number of nitrogens with one attached hydrogen (secondary N) is 1. The number of nitrogens with two attached hydrogens (primary N) is 1. The van der Waals surface area contributed by atoms with Crippen LogP contribution in [0.4, 0.5) is 0 Å². The number of benzene rings is 1. The molecule has 0 spiro atoms. The summed E-state index contributed by atoms with van der Waals surface area (Å²) < 4.78 is 43.8. The van der Waals surface area contributed by atoms with Crippen molar-refractivity contribution in [3.8, 4) is 0 Å². The van der Waals surface area contributed by atoms with Gasteiger partial charge in [0.05, 0.1) is 23.2 Å². The summed E-state index contributed by atoms with van der Waals surface area (Å²) in [6, 6.07) is 5.65. The van der Waals surface area contributed by atoms with Gasteiger partial charge >= 0.3 is 13.1 Å². The third-order valence-electron chi connectivity index (χ3n) is 5.20. The highest BCUT2D eigenvalue weighted by Crippen LogP contribution is 2.36. The van der Waals surface area contributed by atoms with E-state index in [9.17, 15) is 13.2 Å². The van der Waals surface area contributed by atoms with Crippen molar-refractivity contribution in [2.45, 2.75) is 62.7 Å². The van der Waals surface area contributed by atoms with Crippen molar-refractivity contribution in [1.82, 2.24) is 4.72 Å². The van der Waals surface area contributed by atoms with Gasteiger partial charge in [0.1, 0.15) is 6.04 Å². The molecule has 0 aromatic heterocycles. The quantitative estimate of drug-likeness (QED) is 0.364. The SMILES string of the molecule is COC(=O)C(N)CCCNS(=O)(=O)c1ccc(B2OC(C)(C)C(C)(C)O2)cc1. The van der Waals surface area contributed by atoms with E-state index in [1.165, 1.54) is 19.2 Å². The van der Waals surface area contributed by atoms with Gasteiger partial charge in [-0.05, 0) is 58.1 Å². The number of rotatable bonds is 8. The van der Waals surface area contributed by atoms with Crippen LogP contribution in [0.15, 0.2) is 29.2 Å². The zero-order valence-corrected chi connectivity index (χ0v) is 17.8. The molecule has 10 heteroatoms. The second-order valence-corrected chi connectivity index (χ2v) is 9.59. The molecular weight excluding hydrogens is 383 g/mol. The van der Waals surface area contributed by atoms with Gasteiger partial charge in [-0.25, -0.2) is 13.1 Å². The first-order valence-corrected chi connectivity index (χ1v) is 10.7. The third-order valence-corrected chi connectivity index (χ3v) is 6.68. The number of ether oxygens (including phenoxy) is 1. The number of hydrogen-bond acceptors (Lipinski definition) is 7. The molecule has 1 aliphatic heterocycles. The first kappa shape index (κ1) is 22.8. The van der Waals surface area contributed by atoms with E-state index < -0.39 is 40.4 Å². The molecule has 8 nitrogen and oxygen atoms in total. The van der Waals surface area contributed by atoms with Gasteiger partial charge in [-0.2, -0.15) is 0 Å². The maximum Gasteiger partial charge on any atom is 0.494 e. The van der Waals surface area contributed by atoms with Crippen LogP contribution in [0.5, 0.6) is 0 Å². The molecule has 2 rings (SSSR count). The molecule has 3 N–H and O–H groups in total. The maximum absolute atomic E-state index is 12.4. The Morgan fingerprint density at radius 1 is 1.18 bits per heavy atom. The van der Waals surface area contributed by atoms with Crippen LogP contribution in [-0.2, 0) is 28.9 Å². The summed E-state index contributed by atoms with van der Waals surface area (Å²) in [5.41, 5.74) is 5.45. The maximum atomic E-state index is 12.4. The molecule has 1 unspecified atom stereocenters. The van der Waals surface area contributed by atoms with E-state index in [1.807, 2.05) is 27.7 Å². The summed E-state index contributed by atoms with van der Waals surface area (Å²) in [6.07, 6.45) is 0.748. The van der Waals surface area contributed by atoms with Gasteiger partial charge in [-0.1, -0.05) is 12.1 Å². The molecule has 0 bridgehead atoms. The first-order chi connectivity index (χ1) is 12.9. The van der Waals surface area contributed by atoms with Gasteiger partial charge in [-0.15, -0.1) is 0 Å². The van der Waals surface area contributed by atoms with E-state index in [2.05, 4.69) is 9.46 Å². The van der Waals surface area contributed by atoms with Crippen molar-refractivity contribution in [1.29, 1.82) is 0 Å². The molecule has 1 saturated heterocycles. The van der Waals surface area contributed by atoms with Crippen LogP contribution < -0.4 is 15.9 Å². The van der Waals surface area contributed by atoms with E-state index >= 15 is 0 Å². The fourth-order valence-corrected chi connectivity index (χ4v) is 3.74. The normalized spacial score (nSPS) is 19.4. The Balaban J connectivity index is 1.94. The minimum absolute atomic E-state index is 0.144. The lowest BCUT2D eigenvalue weighted by Gasteiger charge is -2.32. The highest BCUT2D eigenvalue weighted by atomic mass is 32.2. The number of hydrogen-bond donors (Lipinski definition) is 2. The van der Waals surface area contributed by atoms with Gasteiger partial charge in [0.25, 0.3) is 0 Å². The van der Waals surface area contributed by atoms with Crippen LogP contribution in [0.3, 0.4) is 0 Å². The van der Waals surface area contributed by atoms with E-state index in [4.69, 9.17) is 15.0 Å². The van der Waals surface area contributed by atoms with E-state index in [1.54, 1.807) is 12.1 Å². The Bertz CT molecular complexity index is 779. The summed E-state index contributed by atoms with van der Waals surface area (Å²) in [5.74, 6) is -0.513. The second-order valence-electron chi connectivity index (χ2n) is 7.83. The van der Waals surface area contributed by atoms with Crippen molar-refractivity contribution in [3.05, 3.63) is 24.3 Å². The lowest BCUT2D eigenvalue weighted by molar-refractivity contribution is -0.142. The Morgan fingerprint density at radius 3 is 2.21 bits per heavy atom. The van der Waals surface area contributed by atoms with E-state index in [0.29, 0.717) is 12.8 Å². The molecule has 1 aliphatic rings. The van der Waals surface area contributed by atoms with Crippen molar-refractivity contribution in [2.24, 2.45) is 5.73 Å². The van der Waals surface area contributed by atoms with Gasteiger partial charge < -0.3 is 19.8 Å². The van der Waals surface area contributed by atoms with Crippen molar-refractivity contribution < 1.29 is 27.3 Å². The molecule has 1 heterocycles. The predicted molar refractivity (Wildman–Crippen MR) is 107 cm³/mol. The van der Waals surface area contributed by atoms with Gasteiger partial charge in [0.15, 0.2) is 0 Å². The topological polar surface area (TPSA) is 117 Å². The molecule has 1 fully saturated rings. The monoisotopic (exact) mass is 412 g/mol. The number of methoxy groups -OCH3 is 1. The lowest BCUT2D eigenvalue weighted by Crippen LogP contribution is -2.41. The number of sulfonamides is 1. The van der Waals surface area contributed by atoms with Crippen LogP contribution in [0, 0.1) is 0 Å². The molecule has 0 amide bonds. The van der Waals surface area contributed by atoms with Crippen LogP contribution in [0.25, 0.3) is 0 Å². The van der Waals surface area contributed by atoms with Crippen LogP contribution >= 0.6 is 0 Å². The predicted octanol–water partition coefficient (Wildman–Crippen LogP) is 0.545. The average molecular weight is 412 g/mol. The third kappa shape index (κ3) is 5.12. The first-order valence-electron chi connectivity index (χ1n) is 9.18. The highest BCUT2D eigenvalue weighted by Gasteiger charge is 2.51. The number of carbonyl (C=O) groups excluding carboxylic acids is 1. The Hall–Kier alpha value is -1.46. The molecular formula is C18H29BN2O6S. The van der Waals surface area contributed by atoms with Crippen LogP contribution in [-0.4, -0.2) is 52.4 Å². The second kappa shape index (κ2) is 8.50. The zero-order chi connectivity index (χ0) is 21.2. The molecule has 28 heavy (non-hydrogen) atoms. The summed E-state index contributed by atoms with van der Waals surface area (Å²) in [5, 5.41) is 0. The zero-order valence-electron chi connectivity index (χ0n) is 17.0. The van der Waals surface area contributed by atoms with Crippen LogP contribution in [0.2, 0.25) is 0 Å². The molecule has 0 saturated carbocycles. The largest absolute Gasteiger partial charge is 0.494 e. The highest BCUT2D eigenvalue weighted by molar-refractivity contribution is 7.89. The number of carbonyl (C=O) groups is 1. The summed E-state index contributed by atoms with van der Waals surface area (Å²) >= 11 is 0. The summed E-state index contributed by atoms with van der Waals surface area (Å²) in [7, 11) is -2.94. The summed E-state index contributed by atoms with van der Waals surface area (Å²) in [4.78, 5) is 11.4. The fourth-order valence-electron chi connectivity index (χ4n) is 2.66. The van der Waals surface area contributed by atoms with Crippen LogP contribution in [0.1, 0.15) is 40.5 Å². The minimum Gasteiger partial charge on any atom is -0.468 e. The molecule has 156 valence electrons. The molecule has 1 aromatic rings. The van der Waals surface area contributed by atoms with Gasteiger partial charge in [-0.3, -0.25) is 4.79 Å². The standard InChI is InChI=1S/C18H29BN2O6S/c1-17(2)18(3,4)27-19(26-17)13-8-10-14(11-9-13)28(23,24)21-12-6-7-15(20)16(22)25-5/h8-11,15,21H,6-7,12,20H2,1-5H3. The fraction of sp³-hybridized carbons (Fsp3) is 0.611. The summed E-state index contributed by atoms with van der Waals surface area (Å²) in [6.45, 7) is 8.01. The van der Waals surface area contributed by atoms with Crippen molar-refractivity contribution >= 4 is 28.6 Å². The molecule has 0 aliphatic carbocycles. The van der Waals surface area contributed by atoms with E-state index in [0.717, 1.165) is 5.46 Å². The molecule has 1 aromatic carbocycles. The van der Waals surface area contributed by atoms with E-state index in [-0.39, 0.29) is 11.4 Å². The average Bonchev–Trinajstić information content (AvgIpc) is 2.85. The van der Waals surface area contributed by atoms with Gasteiger partial charge in [0, 0.05) is 6.54 Å². The molecule has 0 radical (unpaired) electrons. The van der Waals surface area contributed by atoms with Gasteiger partial charge in [0.2, 0.25) is 10.0 Å². The molecule has 1 atom stereocenters. The smallest absolute Gasteiger partial charge is 0.468 e. The Morgan fingerprint density at radius 2 is 1.71 bits per heavy atom. The Labute approximate surface area is 167 Å². The van der Waals surface area contributed by atoms with Crippen molar-refractivity contribution in [3.63, 3.8) is 0 Å². The number of esters is 1. The minimum atomic E-state index is -3.66. The lowest BCUT2D eigenvalue weighted by atomic mass is 9.79.